The second-order valence-corrected chi connectivity index (χ2v) is 3.70. The van der Waals surface area contributed by atoms with Gasteiger partial charge >= 0.3 is 0 Å². The Morgan fingerprint density at radius 1 is 1.44 bits per heavy atom. The van der Waals surface area contributed by atoms with E-state index in [9.17, 15) is 9.59 Å². The molecule has 4 nitrogen and oxygen atoms in total. The molecule has 0 aliphatic rings. The van der Waals surface area contributed by atoms with E-state index in [1.165, 1.54) is 7.05 Å². The van der Waals surface area contributed by atoms with Crippen LogP contribution in [0.5, 0.6) is 0 Å². The van der Waals surface area contributed by atoms with Crippen molar-refractivity contribution in [2.75, 3.05) is 7.05 Å². The molecule has 1 rings (SSSR count). The number of aromatic amines is 1. The molecule has 0 saturated carbocycles. The summed E-state index contributed by atoms with van der Waals surface area (Å²) in [4.78, 5) is 25.9. The number of carbonyl (C=O) groups excluding carboxylic acids is 1. The monoisotopic (exact) mass is 222 g/mol. The van der Waals surface area contributed by atoms with E-state index in [2.05, 4.69) is 17.2 Å². The summed E-state index contributed by atoms with van der Waals surface area (Å²) in [6.45, 7) is 4.06. The molecule has 2 N–H and O–H groups in total. The van der Waals surface area contributed by atoms with Crippen LogP contribution in [-0.2, 0) is 12.8 Å². The van der Waals surface area contributed by atoms with E-state index in [1.807, 2.05) is 6.92 Å². The molecule has 1 heterocycles. The van der Waals surface area contributed by atoms with Crippen LogP contribution < -0.4 is 10.9 Å². The van der Waals surface area contributed by atoms with Crippen LogP contribution >= 0.6 is 0 Å². The Kier molecular flexibility index (Phi) is 4.28. The summed E-state index contributed by atoms with van der Waals surface area (Å²) in [6, 6.07) is 1.71. The zero-order chi connectivity index (χ0) is 12.1. The Morgan fingerprint density at radius 3 is 2.62 bits per heavy atom. The largest absolute Gasteiger partial charge is 0.355 e. The second kappa shape index (κ2) is 5.49. The standard InChI is InChI=1S/C12H18N2O2/c1-4-6-8-7-9(11(15)13-3)12(16)14-10(8)5-2/h7H,4-6H2,1-3H3,(H,13,15)(H,14,16). The fourth-order valence-corrected chi connectivity index (χ4v) is 1.72. The average Bonchev–Trinajstić information content (AvgIpc) is 2.30. The lowest BCUT2D eigenvalue weighted by molar-refractivity contribution is 0.0961. The molecule has 0 aliphatic carbocycles. The van der Waals surface area contributed by atoms with E-state index in [4.69, 9.17) is 0 Å². The lowest BCUT2D eigenvalue weighted by Gasteiger charge is -2.08. The number of hydrogen-bond acceptors (Lipinski definition) is 2. The molecule has 1 amide bonds. The average molecular weight is 222 g/mol. The highest BCUT2D eigenvalue weighted by Crippen LogP contribution is 2.09. The molecule has 4 heteroatoms. The lowest BCUT2D eigenvalue weighted by atomic mass is 10.0. The van der Waals surface area contributed by atoms with Gasteiger partial charge in [-0.05, 0) is 24.5 Å². The van der Waals surface area contributed by atoms with Gasteiger partial charge < -0.3 is 10.3 Å². The summed E-state index contributed by atoms with van der Waals surface area (Å²) in [7, 11) is 1.52. The third-order valence-electron chi connectivity index (χ3n) is 2.56. The molecule has 0 aromatic carbocycles. The van der Waals surface area contributed by atoms with Crippen LogP contribution in [0, 0.1) is 0 Å². The number of nitrogens with one attached hydrogen (secondary N) is 2. The molecule has 0 unspecified atom stereocenters. The van der Waals surface area contributed by atoms with Gasteiger partial charge in [0, 0.05) is 12.7 Å². The van der Waals surface area contributed by atoms with Crippen molar-refractivity contribution in [1.82, 2.24) is 10.3 Å². The first-order valence-corrected chi connectivity index (χ1v) is 5.61. The molecule has 16 heavy (non-hydrogen) atoms. The zero-order valence-electron chi connectivity index (χ0n) is 10.0. The maximum Gasteiger partial charge on any atom is 0.261 e. The highest BCUT2D eigenvalue weighted by Gasteiger charge is 2.12. The number of carbonyl (C=O) groups is 1. The zero-order valence-corrected chi connectivity index (χ0v) is 10.0. The molecule has 1 aromatic rings. The van der Waals surface area contributed by atoms with Crippen molar-refractivity contribution in [2.24, 2.45) is 0 Å². The predicted molar refractivity (Wildman–Crippen MR) is 63.8 cm³/mol. The van der Waals surface area contributed by atoms with E-state index >= 15 is 0 Å². The number of amides is 1. The molecular weight excluding hydrogens is 204 g/mol. The maximum atomic E-state index is 11.6. The number of aryl methyl sites for hydroxylation is 2. The van der Waals surface area contributed by atoms with Crippen molar-refractivity contribution in [3.63, 3.8) is 0 Å². The van der Waals surface area contributed by atoms with Crippen molar-refractivity contribution < 1.29 is 4.79 Å². The Labute approximate surface area is 95.1 Å². The first-order chi connectivity index (χ1) is 7.63. The maximum absolute atomic E-state index is 11.6. The van der Waals surface area contributed by atoms with Crippen molar-refractivity contribution in [1.29, 1.82) is 0 Å². The number of rotatable bonds is 4. The molecule has 0 fully saturated rings. The van der Waals surface area contributed by atoms with Crippen molar-refractivity contribution in [2.45, 2.75) is 33.1 Å². The Morgan fingerprint density at radius 2 is 2.12 bits per heavy atom. The minimum Gasteiger partial charge on any atom is -0.355 e. The Bertz CT molecular complexity index is 435. The summed E-state index contributed by atoms with van der Waals surface area (Å²) in [5, 5.41) is 2.47. The summed E-state index contributed by atoms with van der Waals surface area (Å²) in [6.07, 6.45) is 2.65. The van der Waals surface area contributed by atoms with Gasteiger partial charge in [0.1, 0.15) is 5.56 Å². The molecule has 88 valence electrons. The van der Waals surface area contributed by atoms with Gasteiger partial charge in [-0.2, -0.15) is 0 Å². The number of H-pyrrole nitrogens is 1. The van der Waals surface area contributed by atoms with Gasteiger partial charge in [0.15, 0.2) is 0 Å². The molecule has 0 aliphatic heterocycles. The van der Waals surface area contributed by atoms with Crippen LogP contribution in [0.2, 0.25) is 0 Å². The minimum atomic E-state index is -0.332. The van der Waals surface area contributed by atoms with Gasteiger partial charge in [0.25, 0.3) is 11.5 Å². The third-order valence-corrected chi connectivity index (χ3v) is 2.56. The van der Waals surface area contributed by atoms with Gasteiger partial charge in [0.2, 0.25) is 0 Å². The highest BCUT2D eigenvalue weighted by atomic mass is 16.2. The Balaban J connectivity index is 3.27. The fraction of sp³-hybridized carbons (Fsp3) is 0.500. The van der Waals surface area contributed by atoms with Gasteiger partial charge in [0.05, 0.1) is 0 Å². The van der Waals surface area contributed by atoms with Crippen LogP contribution in [0.25, 0.3) is 0 Å². The normalized spacial score (nSPS) is 10.2. The summed E-state index contributed by atoms with van der Waals surface area (Å²) < 4.78 is 0. The lowest BCUT2D eigenvalue weighted by Crippen LogP contribution is -2.28. The van der Waals surface area contributed by atoms with E-state index in [-0.39, 0.29) is 17.0 Å². The molecule has 0 radical (unpaired) electrons. The number of hydrogen-bond donors (Lipinski definition) is 2. The van der Waals surface area contributed by atoms with Crippen molar-refractivity contribution >= 4 is 5.91 Å². The van der Waals surface area contributed by atoms with E-state index in [1.54, 1.807) is 6.07 Å². The fourth-order valence-electron chi connectivity index (χ4n) is 1.72. The second-order valence-electron chi connectivity index (χ2n) is 3.70. The molecule has 0 saturated heterocycles. The van der Waals surface area contributed by atoms with Crippen molar-refractivity contribution in [3.8, 4) is 0 Å². The highest BCUT2D eigenvalue weighted by molar-refractivity contribution is 5.93. The first kappa shape index (κ1) is 12.5. The number of aromatic nitrogens is 1. The van der Waals surface area contributed by atoms with Gasteiger partial charge in [-0.15, -0.1) is 0 Å². The summed E-state index contributed by atoms with van der Waals surface area (Å²) in [5.74, 6) is -0.332. The van der Waals surface area contributed by atoms with E-state index < -0.39 is 0 Å². The Hall–Kier alpha value is -1.58. The molecule has 0 atom stereocenters. The molecule has 0 spiro atoms. The molecular formula is C12H18N2O2. The van der Waals surface area contributed by atoms with E-state index in [0.717, 1.165) is 30.5 Å². The smallest absolute Gasteiger partial charge is 0.261 e. The number of pyridine rings is 1. The van der Waals surface area contributed by atoms with Crippen LogP contribution in [0.4, 0.5) is 0 Å². The van der Waals surface area contributed by atoms with Gasteiger partial charge in [-0.3, -0.25) is 9.59 Å². The van der Waals surface area contributed by atoms with Gasteiger partial charge in [-0.1, -0.05) is 20.3 Å². The van der Waals surface area contributed by atoms with Gasteiger partial charge in [-0.25, -0.2) is 0 Å². The molecule has 0 bridgehead atoms. The minimum absolute atomic E-state index is 0.197. The SMILES string of the molecule is CCCc1cc(C(=O)NC)c(=O)[nH]c1CC. The third kappa shape index (κ3) is 2.51. The molecule has 1 aromatic heterocycles. The van der Waals surface area contributed by atoms with Crippen LogP contribution in [-0.4, -0.2) is 17.9 Å². The van der Waals surface area contributed by atoms with E-state index in [0.29, 0.717) is 0 Å². The van der Waals surface area contributed by atoms with Crippen LogP contribution in [0.1, 0.15) is 41.9 Å². The summed E-state index contributed by atoms with van der Waals surface area (Å²) in [5.41, 5.74) is 1.88. The summed E-state index contributed by atoms with van der Waals surface area (Å²) >= 11 is 0. The first-order valence-electron chi connectivity index (χ1n) is 5.61. The van der Waals surface area contributed by atoms with Crippen LogP contribution in [0.3, 0.4) is 0 Å². The van der Waals surface area contributed by atoms with Crippen LogP contribution in [0.15, 0.2) is 10.9 Å². The topological polar surface area (TPSA) is 62.0 Å². The quantitative estimate of drug-likeness (QED) is 0.805. The van der Waals surface area contributed by atoms with Crippen molar-refractivity contribution in [3.05, 3.63) is 33.2 Å². The predicted octanol–water partition coefficient (Wildman–Crippen LogP) is 1.25.